The van der Waals surface area contributed by atoms with Crippen LogP contribution in [0.2, 0.25) is 0 Å². The molecule has 94 valence electrons. The lowest BCUT2D eigenvalue weighted by atomic mass is 10.2. The summed E-state index contributed by atoms with van der Waals surface area (Å²) in [5.74, 6) is -0.915. The van der Waals surface area contributed by atoms with Gasteiger partial charge in [0.25, 0.3) is 5.69 Å². The zero-order valence-electron chi connectivity index (χ0n) is 7.87. The molecule has 0 aliphatic rings. The Bertz CT molecular complexity index is 432. The summed E-state index contributed by atoms with van der Waals surface area (Å²) in [6.45, 7) is -3.36. The molecule has 1 aromatic carbocycles. The number of hydrogen-bond donors (Lipinski definition) is 0. The van der Waals surface area contributed by atoms with Crippen LogP contribution in [-0.2, 0) is 6.18 Å². The molecule has 0 heterocycles. The van der Waals surface area contributed by atoms with Gasteiger partial charge in [0.05, 0.1) is 16.6 Å². The Kier molecular flexibility index (Phi) is 3.49. The number of benzene rings is 1. The van der Waals surface area contributed by atoms with E-state index in [2.05, 4.69) is 4.74 Å². The number of nitrogens with zero attached hydrogens (tertiary/aromatic N) is 1. The van der Waals surface area contributed by atoms with Crippen molar-refractivity contribution in [3.8, 4) is 5.75 Å². The highest BCUT2D eigenvalue weighted by Crippen LogP contribution is 2.35. The summed E-state index contributed by atoms with van der Waals surface area (Å²) in [6, 6.07) is 0.985. The molecule has 0 saturated carbocycles. The van der Waals surface area contributed by atoms with Gasteiger partial charge in [-0.1, -0.05) is 0 Å². The maximum absolute atomic E-state index is 12.3. The van der Waals surface area contributed by atoms with E-state index in [-0.39, 0.29) is 12.1 Å². The highest BCUT2D eigenvalue weighted by molar-refractivity contribution is 5.43. The Hall–Kier alpha value is -1.93. The van der Waals surface area contributed by atoms with E-state index < -0.39 is 34.7 Å². The third kappa shape index (κ3) is 3.54. The molecule has 0 fully saturated rings. The van der Waals surface area contributed by atoms with Crippen molar-refractivity contribution in [2.45, 2.75) is 12.8 Å². The van der Waals surface area contributed by atoms with E-state index in [1.54, 1.807) is 0 Å². The van der Waals surface area contributed by atoms with E-state index >= 15 is 0 Å². The second-order valence-corrected chi connectivity index (χ2v) is 2.85. The zero-order valence-corrected chi connectivity index (χ0v) is 7.87. The van der Waals surface area contributed by atoms with Gasteiger partial charge in [0.15, 0.2) is 0 Å². The van der Waals surface area contributed by atoms with Crippen molar-refractivity contribution in [2.75, 3.05) is 0 Å². The van der Waals surface area contributed by atoms with Gasteiger partial charge in [-0.2, -0.15) is 22.0 Å². The predicted molar refractivity (Wildman–Crippen MR) is 44.7 cm³/mol. The molecule has 0 N–H and O–H groups in total. The molecule has 0 aliphatic heterocycles. The summed E-state index contributed by atoms with van der Waals surface area (Å²) >= 11 is 0. The highest BCUT2D eigenvalue weighted by atomic mass is 19.4. The molecule has 4 nitrogen and oxygen atoms in total. The molecule has 1 aromatic rings. The Morgan fingerprint density at radius 3 is 2.24 bits per heavy atom. The number of ether oxygens (including phenoxy) is 1. The van der Waals surface area contributed by atoms with Crippen LogP contribution in [0.25, 0.3) is 0 Å². The van der Waals surface area contributed by atoms with Crippen LogP contribution in [0.5, 0.6) is 5.75 Å². The molecular weight excluding hydrogens is 253 g/mol. The van der Waals surface area contributed by atoms with Gasteiger partial charge in [-0.15, -0.1) is 0 Å². The first-order chi connectivity index (χ1) is 7.70. The highest BCUT2D eigenvalue weighted by Gasteiger charge is 2.33. The van der Waals surface area contributed by atoms with Gasteiger partial charge in [-0.05, 0) is 6.07 Å². The third-order valence-electron chi connectivity index (χ3n) is 1.65. The number of rotatable bonds is 3. The van der Waals surface area contributed by atoms with Crippen molar-refractivity contribution < 1.29 is 31.6 Å². The van der Waals surface area contributed by atoms with Crippen molar-refractivity contribution in [1.82, 2.24) is 0 Å². The average Bonchev–Trinajstić information content (AvgIpc) is 2.14. The number of hydrogen-bond acceptors (Lipinski definition) is 3. The molecule has 0 radical (unpaired) electrons. The van der Waals surface area contributed by atoms with Crippen molar-refractivity contribution in [2.24, 2.45) is 0 Å². The first-order valence-electron chi connectivity index (χ1n) is 4.01. The van der Waals surface area contributed by atoms with E-state index in [0.717, 1.165) is 0 Å². The van der Waals surface area contributed by atoms with Crippen molar-refractivity contribution in [1.29, 1.82) is 0 Å². The molecule has 0 saturated heterocycles. The van der Waals surface area contributed by atoms with E-state index in [1.807, 2.05) is 0 Å². The monoisotopic (exact) mass is 257 g/mol. The molecule has 0 unspecified atom stereocenters. The van der Waals surface area contributed by atoms with E-state index in [4.69, 9.17) is 0 Å². The quantitative estimate of drug-likeness (QED) is 0.474. The van der Waals surface area contributed by atoms with Gasteiger partial charge in [0.1, 0.15) is 5.75 Å². The molecule has 0 aromatic heterocycles. The summed E-state index contributed by atoms with van der Waals surface area (Å²) in [4.78, 5) is 9.18. The van der Waals surface area contributed by atoms with Gasteiger partial charge in [0.2, 0.25) is 0 Å². The summed E-state index contributed by atoms with van der Waals surface area (Å²) in [5.41, 5.74) is -2.40. The SMILES string of the molecule is O=[N+]([O-])c1cc(OC(F)F)cc(C(F)(F)F)c1. The number of nitro benzene ring substituents is 1. The Morgan fingerprint density at radius 1 is 1.24 bits per heavy atom. The fourth-order valence-corrected chi connectivity index (χ4v) is 1.02. The predicted octanol–water partition coefficient (Wildman–Crippen LogP) is 3.22. The third-order valence-corrected chi connectivity index (χ3v) is 1.65. The Balaban J connectivity index is 3.24. The number of nitro groups is 1. The minimum Gasteiger partial charge on any atom is -0.435 e. The zero-order chi connectivity index (χ0) is 13.2. The normalized spacial score (nSPS) is 11.6. The molecule has 0 bridgehead atoms. The lowest BCUT2D eigenvalue weighted by Crippen LogP contribution is -2.08. The van der Waals surface area contributed by atoms with Crippen LogP contribution in [0.15, 0.2) is 18.2 Å². The first-order valence-corrected chi connectivity index (χ1v) is 4.01. The molecular formula is C8H4F5NO3. The second-order valence-electron chi connectivity index (χ2n) is 2.85. The fourth-order valence-electron chi connectivity index (χ4n) is 1.02. The smallest absolute Gasteiger partial charge is 0.416 e. The van der Waals surface area contributed by atoms with Crippen LogP contribution in [0.3, 0.4) is 0 Å². The second kappa shape index (κ2) is 4.52. The van der Waals surface area contributed by atoms with Crippen LogP contribution < -0.4 is 4.74 Å². The maximum Gasteiger partial charge on any atom is 0.416 e. The van der Waals surface area contributed by atoms with Crippen molar-refractivity contribution in [3.63, 3.8) is 0 Å². The average molecular weight is 257 g/mol. The summed E-state index contributed by atoms with van der Waals surface area (Å²) < 4.78 is 64.2. The fraction of sp³-hybridized carbons (Fsp3) is 0.250. The molecule has 0 spiro atoms. The Labute approximate surface area is 90.8 Å². The minimum atomic E-state index is -4.88. The topological polar surface area (TPSA) is 52.4 Å². The number of non-ortho nitro benzene ring substituents is 1. The number of alkyl halides is 5. The Morgan fingerprint density at radius 2 is 1.82 bits per heavy atom. The largest absolute Gasteiger partial charge is 0.435 e. The van der Waals surface area contributed by atoms with E-state index in [9.17, 15) is 32.1 Å². The lowest BCUT2D eigenvalue weighted by molar-refractivity contribution is -0.385. The standard InChI is InChI=1S/C8H4F5NO3/c9-7(10)17-6-2-4(8(11,12)13)1-5(3-6)14(15)16/h1-3,7H. The first kappa shape index (κ1) is 13.1. The minimum absolute atomic E-state index is 0.234. The van der Waals surface area contributed by atoms with Gasteiger partial charge in [-0.3, -0.25) is 10.1 Å². The molecule has 1 rings (SSSR count). The van der Waals surface area contributed by atoms with Gasteiger partial charge >= 0.3 is 12.8 Å². The number of halogens is 5. The summed E-state index contributed by atoms with van der Waals surface area (Å²) in [6.07, 6.45) is -4.88. The summed E-state index contributed by atoms with van der Waals surface area (Å²) in [5, 5.41) is 10.3. The molecule has 9 heteroatoms. The molecule has 0 amide bonds. The maximum atomic E-state index is 12.3. The van der Waals surface area contributed by atoms with Crippen LogP contribution in [0, 0.1) is 10.1 Å². The van der Waals surface area contributed by atoms with E-state index in [1.165, 1.54) is 0 Å². The van der Waals surface area contributed by atoms with Crippen molar-refractivity contribution >= 4 is 5.69 Å². The van der Waals surface area contributed by atoms with Gasteiger partial charge in [-0.25, -0.2) is 0 Å². The molecule has 0 aliphatic carbocycles. The van der Waals surface area contributed by atoms with Crippen LogP contribution in [-0.4, -0.2) is 11.5 Å². The van der Waals surface area contributed by atoms with Crippen LogP contribution >= 0.6 is 0 Å². The van der Waals surface area contributed by atoms with Gasteiger partial charge < -0.3 is 4.74 Å². The van der Waals surface area contributed by atoms with Crippen molar-refractivity contribution in [3.05, 3.63) is 33.9 Å². The van der Waals surface area contributed by atoms with Crippen LogP contribution in [0.4, 0.5) is 27.6 Å². The van der Waals surface area contributed by atoms with Crippen LogP contribution in [0.1, 0.15) is 5.56 Å². The molecule has 0 atom stereocenters. The van der Waals surface area contributed by atoms with E-state index in [0.29, 0.717) is 6.07 Å². The molecule has 17 heavy (non-hydrogen) atoms. The van der Waals surface area contributed by atoms with Gasteiger partial charge in [0, 0.05) is 6.07 Å². The lowest BCUT2D eigenvalue weighted by Gasteiger charge is -2.09. The summed E-state index contributed by atoms with van der Waals surface area (Å²) in [7, 11) is 0.